The Morgan fingerprint density at radius 1 is 0.941 bits per heavy atom. The molecule has 0 aromatic heterocycles. The summed E-state index contributed by atoms with van der Waals surface area (Å²) in [5.74, 6) is -2.25. The smallest absolute Gasteiger partial charge is 0.337 e. The first kappa shape index (κ1) is 25.0. The number of alkyl halides is 1. The minimum Gasteiger partial charge on any atom is -0.489 e. The number of esters is 1. The van der Waals surface area contributed by atoms with Crippen molar-refractivity contribution in [3.8, 4) is 5.75 Å². The van der Waals surface area contributed by atoms with E-state index in [0.29, 0.717) is 17.3 Å². The molecular formula is C26H24BrNO6. The molecule has 8 heteroatoms. The van der Waals surface area contributed by atoms with Gasteiger partial charge in [0, 0.05) is 22.9 Å². The molecule has 0 spiro atoms. The number of carboxylic acid groups (broad SMARTS) is 1. The molecule has 0 heterocycles. The molecule has 7 nitrogen and oxygen atoms in total. The standard InChI is InChI=1S/C26H24BrNO6/c1-33-26(32)19-12-13-22(34-20(16-27)14-17-8-4-2-5-9-17)21(15-19)23(25(30)31)28-24(29)18-10-6-3-7-11-18/h2-13,15,20,23H,14,16H2,1H3,(H,28,29)(H,30,31)/t20-,23?/m0/s1. The summed E-state index contributed by atoms with van der Waals surface area (Å²) in [4.78, 5) is 37.1. The molecule has 3 aromatic carbocycles. The summed E-state index contributed by atoms with van der Waals surface area (Å²) >= 11 is 3.46. The Morgan fingerprint density at radius 3 is 2.18 bits per heavy atom. The quantitative estimate of drug-likeness (QED) is 0.300. The van der Waals surface area contributed by atoms with Crippen LogP contribution < -0.4 is 10.1 Å². The first-order chi connectivity index (χ1) is 16.4. The Hall–Kier alpha value is -3.65. The van der Waals surface area contributed by atoms with Crippen LogP contribution in [0.15, 0.2) is 78.9 Å². The third-order valence-corrected chi connectivity index (χ3v) is 5.79. The van der Waals surface area contributed by atoms with Gasteiger partial charge in [-0.25, -0.2) is 9.59 Å². The van der Waals surface area contributed by atoms with Gasteiger partial charge in [-0.05, 0) is 35.9 Å². The molecule has 34 heavy (non-hydrogen) atoms. The molecule has 0 aliphatic carbocycles. The zero-order chi connectivity index (χ0) is 24.5. The average molecular weight is 526 g/mol. The molecule has 2 atom stereocenters. The van der Waals surface area contributed by atoms with E-state index in [1.165, 1.54) is 25.3 Å². The third kappa shape index (κ3) is 6.45. The van der Waals surface area contributed by atoms with E-state index in [1.807, 2.05) is 30.3 Å². The number of aliphatic carboxylic acids is 1. The summed E-state index contributed by atoms with van der Waals surface area (Å²) in [6, 6.07) is 20.9. The Balaban J connectivity index is 1.96. The molecule has 0 saturated heterocycles. The third-order valence-electron chi connectivity index (χ3n) is 5.07. The van der Waals surface area contributed by atoms with Crippen LogP contribution in [0, 0.1) is 0 Å². The van der Waals surface area contributed by atoms with Crippen LogP contribution >= 0.6 is 15.9 Å². The predicted octanol–water partition coefficient (Wildman–Crippen LogP) is 4.41. The molecule has 0 aliphatic heterocycles. The number of nitrogens with one attached hydrogen (secondary N) is 1. The van der Waals surface area contributed by atoms with E-state index in [9.17, 15) is 19.5 Å². The highest BCUT2D eigenvalue weighted by Crippen LogP contribution is 2.29. The number of carbonyl (C=O) groups excluding carboxylic acids is 2. The van der Waals surface area contributed by atoms with E-state index < -0.39 is 23.9 Å². The maximum absolute atomic E-state index is 12.7. The van der Waals surface area contributed by atoms with Crippen molar-refractivity contribution in [2.24, 2.45) is 0 Å². The first-order valence-electron chi connectivity index (χ1n) is 10.5. The van der Waals surface area contributed by atoms with Gasteiger partial charge in [-0.3, -0.25) is 4.79 Å². The molecule has 3 rings (SSSR count). The molecule has 1 amide bonds. The van der Waals surface area contributed by atoms with E-state index >= 15 is 0 Å². The number of rotatable bonds is 10. The van der Waals surface area contributed by atoms with Gasteiger partial charge in [0.25, 0.3) is 5.91 Å². The highest BCUT2D eigenvalue weighted by molar-refractivity contribution is 9.09. The molecule has 0 saturated carbocycles. The summed E-state index contributed by atoms with van der Waals surface area (Å²) < 4.78 is 11.0. The summed E-state index contributed by atoms with van der Waals surface area (Å²) in [6.07, 6.45) is 0.239. The zero-order valence-electron chi connectivity index (χ0n) is 18.4. The van der Waals surface area contributed by atoms with Crippen molar-refractivity contribution in [3.63, 3.8) is 0 Å². The largest absolute Gasteiger partial charge is 0.489 e. The Morgan fingerprint density at radius 2 is 1.59 bits per heavy atom. The molecule has 1 unspecified atom stereocenters. The monoisotopic (exact) mass is 525 g/mol. The van der Waals surface area contributed by atoms with Crippen molar-refractivity contribution >= 4 is 33.8 Å². The lowest BCUT2D eigenvalue weighted by atomic mass is 10.0. The second-order valence-electron chi connectivity index (χ2n) is 7.44. The fourth-order valence-corrected chi connectivity index (χ4v) is 3.75. The van der Waals surface area contributed by atoms with Gasteiger partial charge < -0.3 is 19.9 Å². The van der Waals surface area contributed by atoms with Crippen molar-refractivity contribution in [3.05, 3.63) is 101 Å². The Bertz CT molecular complexity index is 1140. The molecule has 2 N–H and O–H groups in total. The van der Waals surface area contributed by atoms with Crippen LogP contribution in [0.3, 0.4) is 0 Å². The van der Waals surface area contributed by atoms with Gasteiger partial charge in [-0.15, -0.1) is 0 Å². The van der Waals surface area contributed by atoms with Crippen LogP contribution in [-0.2, 0) is 16.0 Å². The van der Waals surface area contributed by atoms with Gasteiger partial charge in [-0.1, -0.05) is 64.5 Å². The SMILES string of the molecule is COC(=O)c1ccc(O[C@H](CBr)Cc2ccccc2)c(C(NC(=O)c2ccccc2)C(=O)O)c1. The van der Waals surface area contributed by atoms with Crippen molar-refractivity contribution < 1.29 is 29.0 Å². The number of hydrogen-bond donors (Lipinski definition) is 2. The van der Waals surface area contributed by atoms with E-state index in [2.05, 4.69) is 21.2 Å². The van der Waals surface area contributed by atoms with Crippen LogP contribution in [0.5, 0.6) is 5.75 Å². The number of methoxy groups -OCH3 is 1. The molecular weight excluding hydrogens is 502 g/mol. The van der Waals surface area contributed by atoms with Crippen LogP contribution in [-0.4, -0.2) is 41.5 Å². The maximum atomic E-state index is 12.7. The molecule has 0 radical (unpaired) electrons. The van der Waals surface area contributed by atoms with Gasteiger partial charge >= 0.3 is 11.9 Å². The maximum Gasteiger partial charge on any atom is 0.337 e. The molecule has 0 fully saturated rings. The number of ether oxygens (including phenoxy) is 2. The van der Waals surface area contributed by atoms with E-state index in [-0.39, 0.29) is 23.0 Å². The van der Waals surface area contributed by atoms with Gasteiger partial charge in [-0.2, -0.15) is 0 Å². The predicted molar refractivity (Wildman–Crippen MR) is 130 cm³/mol. The number of carboxylic acids is 1. The lowest BCUT2D eigenvalue weighted by Gasteiger charge is -2.23. The van der Waals surface area contributed by atoms with Crippen molar-refractivity contribution in [2.75, 3.05) is 12.4 Å². The van der Waals surface area contributed by atoms with E-state index in [4.69, 9.17) is 9.47 Å². The van der Waals surface area contributed by atoms with Gasteiger partial charge in [0.05, 0.1) is 12.7 Å². The topological polar surface area (TPSA) is 102 Å². The Kier molecular flexibility index (Phi) is 8.81. The number of halogens is 1. The molecule has 0 aliphatic rings. The summed E-state index contributed by atoms with van der Waals surface area (Å²) in [5, 5.41) is 13.0. The lowest BCUT2D eigenvalue weighted by molar-refractivity contribution is -0.139. The second-order valence-corrected chi connectivity index (χ2v) is 8.09. The Labute approximate surface area is 205 Å². The molecule has 3 aromatic rings. The van der Waals surface area contributed by atoms with Crippen molar-refractivity contribution in [1.82, 2.24) is 5.32 Å². The first-order valence-corrected chi connectivity index (χ1v) is 11.6. The van der Waals surface area contributed by atoms with Crippen molar-refractivity contribution in [2.45, 2.75) is 18.6 Å². The number of carbonyl (C=O) groups is 3. The number of hydrogen-bond acceptors (Lipinski definition) is 5. The highest BCUT2D eigenvalue weighted by atomic mass is 79.9. The minimum atomic E-state index is -1.46. The number of amides is 1. The summed E-state index contributed by atoms with van der Waals surface area (Å²) in [7, 11) is 1.24. The van der Waals surface area contributed by atoms with Gasteiger partial charge in [0.15, 0.2) is 6.04 Å². The minimum absolute atomic E-state index is 0.138. The highest BCUT2D eigenvalue weighted by Gasteiger charge is 2.28. The molecule has 0 bridgehead atoms. The normalized spacial score (nSPS) is 12.3. The van der Waals surface area contributed by atoms with E-state index in [0.717, 1.165) is 5.56 Å². The zero-order valence-corrected chi connectivity index (χ0v) is 20.0. The van der Waals surface area contributed by atoms with Gasteiger partial charge in [0.1, 0.15) is 11.9 Å². The second kappa shape index (κ2) is 12.0. The summed E-state index contributed by atoms with van der Waals surface area (Å²) in [6.45, 7) is 0. The van der Waals surface area contributed by atoms with Crippen LogP contribution in [0.2, 0.25) is 0 Å². The fourth-order valence-electron chi connectivity index (χ4n) is 3.39. The fraction of sp³-hybridized carbons (Fsp3) is 0.192. The number of benzene rings is 3. The van der Waals surface area contributed by atoms with Crippen LogP contribution in [0.25, 0.3) is 0 Å². The van der Waals surface area contributed by atoms with Crippen LogP contribution in [0.1, 0.15) is 37.9 Å². The average Bonchev–Trinajstić information content (AvgIpc) is 2.87. The summed E-state index contributed by atoms with van der Waals surface area (Å²) in [5.41, 5.74) is 1.64. The van der Waals surface area contributed by atoms with Gasteiger partial charge in [0.2, 0.25) is 0 Å². The molecule has 176 valence electrons. The van der Waals surface area contributed by atoms with Crippen LogP contribution in [0.4, 0.5) is 0 Å². The van der Waals surface area contributed by atoms with Crippen molar-refractivity contribution in [1.29, 1.82) is 0 Å². The van der Waals surface area contributed by atoms with E-state index in [1.54, 1.807) is 30.3 Å². The lowest BCUT2D eigenvalue weighted by Crippen LogP contribution is -2.34.